The van der Waals surface area contributed by atoms with E-state index in [0.29, 0.717) is 22.5 Å². The van der Waals surface area contributed by atoms with Crippen molar-refractivity contribution in [1.29, 1.82) is 0 Å². The Morgan fingerprint density at radius 2 is 1.90 bits per heavy atom. The molecule has 4 rings (SSSR count). The normalized spacial score (nSPS) is 15.2. The highest BCUT2D eigenvalue weighted by Gasteiger charge is 2.25. The highest BCUT2D eigenvalue weighted by atomic mass is 35.5. The number of hydrogen-bond donors (Lipinski definition) is 1. The predicted molar refractivity (Wildman–Crippen MR) is 121 cm³/mol. The Morgan fingerprint density at radius 1 is 1.19 bits per heavy atom. The molecule has 0 radical (unpaired) electrons. The van der Waals surface area contributed by atoms with E-state index in [4.69, 9.17) is 20.8 Å². The maximum Gasteiger partial charge on any atom is 0.287 e. The van der Waals surface area contributed by atoms with Crippen LogP contribution in [-0.4, -0.2) is 37.6 Å². The van der Waals surface area contributed by atoms with Crippen LogP contribution in [0.1, 0.15) is 40.6 Å². The van der Waals surface area contributed by atoms with Crippen molar-refractivity contribution in [3.05, 3.63) is 74.6 Å². The zero-order chi connectivity index (χ0) is 22.0. The third-order valence-corrected chi connectivity index (χ3v) is 6.18. The lowest BCUT2D eigenvalue weighted by atomic mass is 10.1. The number of benzene rings is 2. The molecule has 1 N–H and O–H groups in total. The fourth-order valence-corrected chi connectivity index (χ4v) is 4.17. The SMILES string of the molecule is COc1ccc(C(CNC(=O)c2cc(=O)c3cc(Cl)c(C)cc3o2)N2CCCC2)cc1. The van der Waals surface area contributed by atoms with Gasteiger partial charge in [-0.25, -0.2) is 0 Å². The average molecular weight is 441 g/mol. The molecule has 1 unspecified atom stereocenters. The number of aryl methyl sites for hydroxylation is 1. The largest absolute Gasteiger partial charge is 0.497 e. The fourth-order valence-electron chi connectivity index (χ4n) is 4.00. The summed E-state index contributed by atoms with van der Waals surface area (Å²) in [7, 11) is 1.64. The molecule has 1 aliphatic heterocycles. The topological polar surface area (TPSA) is 71.8 Å². The van der Waals surface area contributed by atoms with E-state index in [9.17, 15) is 9.59 Å². The van der Waals surface area contributed by atoms with E-state index in [1.165, 1.54) is 6.07 Å². The van der Waals surface area contributed by atoms with Gasteiger partial charge in [-0.3, -0.25) is 14.5 Å². The number of carbonyl (C=O) groups excluding carboxylic acids is 1. The molecule has 1 aromatic heterocycles. The number of nitrogens with one attached hydrogen (secondary N) is 1. The summed E-state index contributed by atoms with van der Waals surface area (Å²) in [6, 6.07) is 12.4. The van der Waals surface area contributed by atoms with Gasteiger partial charge in [0.15, 0.2) is 11.2 Å². The van der Waals surface area contributed by atoms with Crippen molar-refractivity contribution in [1.82, 2.24) is 10.2 Å². The van der Waals surface area contributed by atoms with Crippen LogP contribution in [-0.2, 0) is 0 Å². The molecular weight excluding hydrogens is 416 g/mol. The van der Waals surface area contributed by atoms with Crippen molar-refractivity contribution in [2.75, 3.05) is 26.7 Å². The number of rotatable bonds is 6. The van der Waals surface area contributed by atoms with Gasteiger partial charge in [0.25, 0.3) is 5.91 Å². The van der Waals surface area contributed by atoms with Gasteiger partial charge in [0.1, 0.15) is 11.3 Å². The first-order valence-corrected chi connectivity index (χ1v) is 10.7. The van der Waals surface area contributed by atoms with Gasteiger partial charge in [0, 0.05) is 17.6 Å². The van der Waals surface area contributed by atoms with Crippen molar-refractivity contribution in [3.8, 4) is 5.75 Å². The molecule has 2 heterocycles. The van der Waals surface area contributed by atoms with E-state index < -0.39 is 5.91 Å². The van der Waals surface area contributed by atoms with E-state index in [1.807, 2.05) is 31.2 Å². The average Bonchev–Trinajstić information content (AvgIpc) is 3.30. The number of amides is 1. The van der Waals surface area contributed by atoms with Gasteiger partial charge in [-0.2, -0.15) is 0 Å². The smallest absolute Gasteiger partial charge is 0.287 e. The Labute approximate surface area is 185 Å². The first-order valence-electron chi connectivity index (χ1n) is 10.4. The minimum atomic E-state index is -0.413. The Hall–Kier alpha value is -2.83. The molecule has 2 aromatic carbocycles. The lowest BCUT2D eigenvalue weighted by Gasteiger charge is -2.28. The minimum Gasteiger partial charge on any atom is -0.497 e. The third-order valence-electron chi connectivity index (χ3n) is 5.77. The van der Waals surface area contributed by atoms with Gasteiger partial charge in [0.05, 0.1) is 18.5 Å². The standard InChI is InChI=1S/C24H25ClN2O4/c1-15-11-22-18(12-19(15)25)21(28)13-23(31-22)24(29)26-14-20(27-9-3-4-10-27)16-5-7-17(30-2)8-6-16/h5-8,11-13,20H,3-4,9-10,14H2,1-2H3,(H,26,29). The summed E-state index contributed by atoms with van der Waals surface area (Å²) >= 11 is 6.11. The number of ether oxygens (including phenoxy) is 1. The van der Waals surface area contributed by atoms with E-state index in [0.717, 1.165) is 42.8 Å². The lowest BCUT2D eigenvalue weighted by molar-refractivity contribution is 0.0910. The highest BCUT2D eigenvalue weighted by Crippen LogP contribution is 2.27. The van der Waals surface area contributed by atoms with Gasteiger partial charge in [0.2, 0.25) is 0 Å². The Bertz CT molecular complexity index is 1150. The van der Waals surface area contributed by atoms with E-state index in [-0.39, 0.29) is 17.2 Å². The van der Waals surface area contributed by atoms with Crippen molar-refractivity contribution in [2.45, 2.75) is 25.8 Å². The molecule has 6 nitrogen and oxygen atoms in total. The molecule has 1 aliphatic rings. The second-order valence-electron chi connectivity index (χ2n) is 7.81. The molecule has 0 saturated carbocycles. The predicted octanol–water partition coefficient (Wildman–Crippen LogP) is 4.33. The number of likely N-dealkylation sites (tertiary alicyclic amines) is 1. The molecule has 31 heavy (non-hydrogen) atoms. The maximum atomic E-state index is 12.8. The Kier molecular flexibility index (Phi) is 6.30. The molecule has 0 bridgehead atoms. The van der Waals surface area contributed by atoms with Crippen LogP contribution in [0.3, 0.4) is 0 Å². The molecule has 0 spiro atoms. The zero-order valence-electron chi connectivity index (χ0n) is 17.6. The maximum absolute atomic E-state index is 12.8. The summed E-state index contributed by atoms with van der Waals surface area (Å²) in [5.41, 5.74) is 1.95. The minimum absolute atomic E-state index is 0.00544. The summed E-state index contributed by atoms with van der Waals surface area (Å²) in [6.07, 6.45) is 2.28. The zero-order valence-corrected chi connectivity index (χ0v) is 18.4. The second kappa shape index (κ2) is 9.12. The first kappa shape index (κ1) is 21.4. The summed E-state index contributed by atoms with van der Waals surface area (Å²) < 4.78 is 11.0. The summed E-state index contributed by atoms with van der Waals surface area (Å²) in [5, 5.41) is 3.80. The monoisotopic (exact) mass is 440 g/mol. The molecular formula is C24H25ClN2O4. The molecule has 1 saturated heterocycles. The molecule has 3 aromatic rings. The van der Waals surface area contributed by atoms with Crippen LogP contribution >= 0.6 is 11.6 Å². The molecule has 1 fully saturated rings. The Morgan fingerprint density at radius 3 is 2.58 bits per heavy atom. The molecule has 0 aliphatic carbocycles. The summed E-state index contributed by atoms with van der Waals surface area (Å²) in [4.78, 5) is 27.7. The van der Waals surface area contributed by atoms with Gasteiger partial charge in [-0.05, 0) is 68.2 Å². The number of halogens is 1. The van der Waals surface area contributed by atoms with Gasteiger partial charge >= 0.3 is 0 Å². The first-order chi connectivity index (χ1) is 15.0. The van der Waals surface area contributed by atoms with Gasteiger partial charge < -0.3 is 14.5 Å². The van der Waals surface area contributed by atoms with E-state index >= 15 is 0 Å². The lowest BCUT2D eigenvalue weighted by Crippen LogP contribution is -2.37. The third kappa shape index (κ3) is 4.60. The number of nitrogens with zero attached hydrogens (tertiary/aromatic N) is 1. The van der Waals surface area contributed by atoms with E-state index in [2.05, 4.69) is 10.2 Å². The fraction of sp³-hybridized carbons (Fsp3) is 0.333. The highest BCUT2D eigenvalue weighted by molar-refractivity contribution is 6.32. The summed E-state index contributed by atoms with van der Waals surface area (Å²) in [5.74, 6) is 0.375. The van der Waals surface area contributed by atoms with Crippen LogP contribution in [0, 0.1) is 6.92 Å². The number of hydrogen-bond acceptors (Lipinski definition) is 5. The van der Waals surface area contributed by atoms with Crippen LogP contribution in [0.15, 0.2) is 51.7 Å². The van der Waals surface area contributed by atoms with Crippen LogP contribution in [0.4, 0.5) is 0 Å². The number of carbonyl (C=O) groups is 1. The Balaban J connectivity index is 1.56. The van der Waals surface area contributed by atoms with E-state index in [1.54, 1.807) is 19.2 Å². The van der Waals surface area contributed by atoms with Crippen molar-refractivity contribution < 1.29 is 13.9 Å². The second-order valence-corrected chi connectivity index (χ2v) is 8.22. The van der Waals surface area contributed by atoms with Crippen molar-refractivity contribution >= 4 is 28.5 Å². The van der Waals surface area contributed by atoms with Crippen LogP contribution < -0.4 is 15.5 Å². The molecule has 162 valence electrons. The molecule has 1 atom stereocenters. The summed E-state index contributed by atoms with van der Waals surface area (Å²) in [6.45, 7) is 4.20. The van der Waals surface area contributed by atoms with Crippen molar-refractivity contribution in [3.63, 3.8) is 0 Å². The van der Waals surface area contributed by atoms with Crippen LogP contribution in [0.5, 0.6) is 5.75 Å². The number of fused-ring (bicyclic) bond motifs is 1. The van der Waals surface area contributed by atoms with Gasteiger partial charge in [-0.1, -0.05) is 23.7 Å². The molecule has 1 amide bonds. The van der Waals surface area contributed by atoms with Gasteiger partial charge in [-0.15, -0.1) is 0 Å². The molecule has 7 heteroatoms. The van der Waals surface area contributed by atoms with Crippen molar-refractivity contribution in [2.24, 2.45) is 0 Å². The number of methoxy groups -OCH3 is 1. The van der Waals surface area contributed by atoms with Crippen LogP contribution in [0.25, 0.3) is 11.0 Å². The quantitative estimate of drug-likeness (QED) is 0.617. The van der Waals surface area contributed by atoms with Crippen LogP contribution in [0.2, 0.25) is 5.02 Å².